The van der Waals surface area contributed by atoms with E-state index in [9.17, 15) is 13.2 Å². The molecule has 26 heavy (non-hydrogen) atoms. The number of nitrogens with zero attached hydrogens (tertiary/aromatic N) is 2. The van der Waals surface area contributed by atoms with Crippen molar-refractivity contribution < 1.29 is 13.2 Å². The van der Waals surface area contributed by atoms with Crippen LogP contribution in [0.4, 0.5) is 0 Å². The molecule has 0 aromatic rings. The predicted octanol–water partition coefficient (Wildman–Crippen LogP) is 1.85. The van der Waals surface area contributed by atoms with E-state index in [1.54, 1.807) is 4.31 Å². The first-order valence-electron chi connectivity index (χ1n) is 9.94. The molecule has 2 atom stereocenters. The zero-order chi connectivity index (χ0) is 17.9. The number of sulfonamides is 1. The molecule has 152 valence electrons. The van der Waals surface area contributed by atoms with E-state index in [-0.39, 0.29) is 24.2 Å². The summed E-state index contributed by atoms with van der Waals surface area (Å²) in [5.41, 5.74) is 0. The molecule has 1 saturated carbocycles. The summed E-state index contributed by atoms with van der Waals surface area (Å²) in [4.78, 5) is 14.5. The average Bonchev–Trinajstić information content (AvgIpc) is 3.16. The van der Waals surface area contributed by atoms with Gasteiger partial charge in [-0.05, 0) is 58.0 Å². The van der Waals surface area contributed by atoms with Crippen molar-refractivity contribution in [2.45, 2.75) is 56.6 Å². The average molecular weight is 408 g/mol. The van der Waals surface area contributed by atoms with Crippen molar-refractivity contribution in [3.8, 4) is 0 Å². The van der Waals surface area contributed by atoms with Gasteiger partial charge in [0.25, 0.3) is 0 Å². The monoisotopic (exact) mass is 407 g/mol. The maximum atomic E-state index is 13.1. The van der Waals surface area contributed by atoms with Crippen LogP contribution in [0.2, 0.25) is 0 Å². The second kappa shape index (κ2) is 9.71. The molecule has 1 aliphatic carbocycles. The van der Waals surface area contributed by atoms with Crippen LogP contribution in [-0.4, -0.2) is 68.6 Å². The Morgan fingerprint density at radius 1 is 1.00 bits per heavy atom. The van der Waals surface area contributed by atoms with Gasteiger partial charge in [0.05, 0.1) is 5.25 Å². The molecule has 0 radical (unpaired) electrons. The fourth-order valence-electron chi connectivity index (χ4n) is 4.74. The molecule has 2 heterocycles. The fraction of sp³-hybridized carbons (Fsp3) is 0.944. The topological polar surface area (TPSA) is 69.7 Å². The molecule has 2 saturated heterocycles. The second-order valence-electron chi connectivity index (χ2n) is 8.00. The van der Waals surface area contributed by atoms with Crippen molar-refractivity contribution in [1.29, 1.82) is 0 Å². The van der Waals surface area contributed by atoms with Gasteiger partial charge in [0.2, 0.25) is 15.9 Å². The van der Waals surface area contributed by atoms with Crippen molar-refractivity contribution in [2.75, 3.05) is 39.8 Å². The lowest BCUT2D eigenvalue weighted by Gasteiger charge is -2.38. The van der Waals surface area contributed by atoms with Crippen LogP contribution in [0.25, 0.3) is 0 Å². The van der Waals surface area contributed by atoms with E-state index in [2.05, 4.69) is 5.32 Å². The molecule has 0 spiro atoms. The SMILES string of the molecule is CNCC1CCCN(S(=O)(=O)C2CCCN(C(=O)C3CCCC3)C2)C1.Cl. The van der Waals surface area contributed by atoms with Gasteiger partial charge in [-0.15, -0.1) is 12.4 Å². The Morgan fingerprint density at radius 3 is 2.38 bits per heavy atom. The summed E-state index contributed by atoms with van der Waals surface area (Å²) < 4.78 is 28.0. The number of hydrogen-bond donors (Lipinski definition) is 1. The van der Waals surface area contributed by atoms with Gasteiger partial charge in [-0.25, -0.2) is 12.7 Å². The van der Waals surface area contributed by atoms with Gasteiger partial charge >= 0.3 is 0 Å². The standard InChI is InChI=1S/C18H33N3O3S.ClH/c1-19-12-15-6-4-11-21(13-15)25(23,24)17-9-5-10-20(14-17)18(22)16-7-2-3-8-16;/h15-17,19H,2-14H2,1H3;1H. The third kappa shape index (κ3) is 4.91. The van der Waals surface area contributed by atoms with Gasteiger partial charge in [-0.1, -0.05) is 12.8 Å². The Kier molecular flexibility index (Phi) is 8.19. The molecule has 1 amide bonds. The minimum absolute atomic E-state index is 0. The number of carbonyl (C=O) groups is 1. The first kappa shape index (κ1) is 21.9. The van der Waals surface area contributed by atoms with Gasteiger partial charge in [0, 0.05) is 32.1 Å². The van der Waals surface area contributed by atoms with Crippen LogP contribution < -0.4 is 5.32 Å². The molecule has 8 heteroatoms. The third-order valence-corrected chi connectivity index (χ3v) is 8.43. The molecule has 1 N–H and O–H groups in total. The molecular weight excluding hydrogens is 374 g/mol. The molecule has 2 aliphatic heterocycles. The Morgan fingerprint density at radius 2 is 1.69 bits per heavy atom. The lowest BCUT2D eigenvalue weighted by molar-refractivity contribution is -0.136. The Bertz CT molecular complexity index is 564. The molecular formula is C18H34ClN3O3S. The molecule has 3 rings (SSSR count). The van der Waals surface area contributed by atoms with Crippen LogP contribution >= 0.6 is 12.4 Å². The number of carbonyl (C=O) groups excluding carboxylic acids is 1. The van der Waals surface area contributed by atoms with Gasteiger partial charge in [0.1, 0.15) is 0 Å². The van der Waals surface area contributed by atoms with Crippen molar-refractivity contribution in [3.63, 3.8) is 0 Å². The van der Waals surface area contributed by atoms with E-state index >= 15 is 0 Å². The minimum Gasteiger partial charge on any atom is -0.341 e. The minimum atomic E-state index is -3.31. The summed E-state index contributed by atoms with van der Waals surface area (Å²) in [6.07, 6.45) is 7.72. The van der Waals surface area contributed by atoms with Crippen molar-refractivity contribution in [3.05, 3.63) is 0 Å². The number of amides is 1. The number of nitrogens with one attached hydrogen (secondary N) is 1. The highest BCUT2D eigenvalue weighted by molar-refractivity contribution is 7.89. The molecule has 0 aromatic carbocycles. The van der Waals surface area contributed by atoms with Crippen molar-refractivity contribution >= 4 is 28.3 Å². The second-order valence-corrected chi connectivity index (χ2v) is 10.2. The van der Waals surface area contributed by atoms with Crippen LogP contribution in [0.5, 0.6) is 0 Å². The Balaban J connectivity index is 0.00000243. The number of rotatable bonds is 5. The highest BCUT2D eigenvalue weighted by atomic mass is 35.5. The van der Waals surface area contributed by atoms with Crippen LogP contribution in [0.15, 0.2) is 0 Å². The molecule has 0 bridgehead atoms. The zero-order valence-corrected chi connectivity index (χ0v) is 17.5. The quantitative estimate of drug-likeness (QED) is 0.755. The van der Waals surface area contributed by atoms with Crippen LogP contribution in [0.3, 0.4) is 0 Å². The first-order chi connectivity index (χ1) is 12.0. The van der Waals surface area contributed by atoms with Gasteiger partial charge in [-0.3, -0.25) is 4.79 Å². The maximum absolute atomic E-state index is 13.1. The van der Waals surface area contributed by atoms with E-state index in [1.165, 1.54) is 0 Å². The first-order valence-corrected chi connectivity index (χ1v) is 11.4. The Hall–Kier alpha value is -0.370. The van der Waals surface area contributed by atoms with Crippen LogP contribution in [0.1, 0.15) is 51.4 Å². The van der Waals surface area contributed by atoms with Gasteiger partial charge in [-0.2, -0.15) is 0 Å². The lowest BCUT2D eigenvalue weighted by atomic mass is 10.00. The Labute approximate surface area is 164 Å². The summed E-state index contributed by atoms with van der Waals surface area (Å²) in [6, 6.07) is 0. The third-order valence-electron chi connectivity index (χ3n) is 6.15. The maximum Gasteiger partial charge on any atom is 0.225 e. The van der Waals surface area contributed by atoms with E-state index in [0.717, 1.165) is 58.0 Å². The summed E-state index contributed by atoms with van der Waals surface area (Å²) in [5.74, 6) is 0.730. The van der Waals surface area contributed by atoms with Gasteiger partial charge < -0.3 is 10.2 Å². The van der Waals surface area contributed by atoms with Crippen molar-refractivity contribution in [1.82, 2.24) is 14.5 Å². The highest BCUT2D eigenvalue weighted by Crippen LogP contribution is 2.30. The number of halogens is 1. The molecule has 6 nitrogen and oxygen atoms in total. The summed E-state index contributed by atoms with van der Waals surface area (Å²) in [7, 11) is -1.40. The summed E-state index contributed by atoms with van der Waals surface area (Å²) in [6.45, 7) is 3.24. The van der Waals surface area contributed by atoms with E-state index in [0.29, 0.717) is 32.0 Å². The zero-order valence-electron chi connectivity index (χ0n) is 15.9. The van der Waals surface area contributed by atoms with Gasteiger partial charge in [0.15, 0.2) is 0 Å². The molecule has 3 fully saturated rings. The van der Waals surface area contributed by atoms with Crippen molar-refractivity contribution in [2.24, 2.45) is 11.8 Å². The number of likely N-dealkylation sites (tertiary alicyclic amines) is 1. The van der Waals surface area contributed by atoms with E-state index < -0.39 is 15.3 Å². The largest absolute Gasteiger partial charge is 0.341 e. The fourth-order valence-corrected chi connectivity index (χ4v) is 6.79. The smallest absolute Gasteiger partial charge is 0.225 e. The summed E-state index contributed by atoms with van der Waals surface area (Å²) in [5, 5.41) is 2.75. The lowest BCUT2D eigenvalue weighted by Crippen LogP contribution is -2.52. The summed E-state index contributed by atoms with van der Waals surface area (Å²) >= 11 is 0. The predicted molar refractivity (Wildman–Crippen MR) is 106 cm³/mol. The normalized spacial score (nSPS) is 28.7. The highest BCUT2D eigenvalue weighted by Gasteiger charge is 2.39. The van der Waals surface area contributed by atoms with E-state index in [1.807, 2.05) is 11.9 Å². The number of piperidine rings is 2. The molecule has 0 aromatic heterocycles. The van der Waals surface area contributed by atoms with Crippen LogP contribution in [0, 0.1) is 11.8 Å². The van der Waals surface area contributed by atoms with E-state index in [4.69, 9.17) is 0 Å². The van der Waals surface area contributed by atoms with Crippen LogP contribution in [-0.2, 0) is 14.8 Å². The molecule has 2 unspecified atom stereocenters. The number of hydrogen-bond acceptors (Lipinski definition) is 4. The molecule has 3 aliphatic rings.